The van der Waals surface area contributed by atoms with E-state index in [0.717, 1.165) is 41.2 Å². The van der Waals surface area contributed by atoms with E-state index in [9.17, 15) is 4.79 Å². The molecule has 2 aromatic rings. The standard InChI is InChI=1S/C20H20N2O/c1-2-22-18(14-9-15-23)21-19(16-10-5-3-6-11-16)20(22)17-12-7-4-8-13-17/h3-8,10-13,15H,2,9,14H2,1H3/q+1. The Labute approximate surface area is 137 Å². The molecule has 3 rings (SSSR count). The lowest BCUT2D eigenvalue weighted by atomic mass is 10.0. The molecule has 2 aromatic carbocycles. The number of benzene rings is 2. The van der Waals surface area contributed by atoms with E-state index in [4.69, 9.17) is 4.99 Å². The fourth-order valence-corrected chi connectivity index (χ4v) is 2.90. The number of nitrogens with zero attached hydrogens (tertiary/aromatic N) is 2. The summed E-state index contributed by atoms with van der Waals surface area (Å²) in [4.78, 5) is 17.9. The third kappa shape index (κ3) is 3.09. The van der Waals surface area contributed by atoms with Crippen molar-refractivity contribution < 1.29 is 4.79 Å². The fraction of sp³-hybridized carbons (Fsp3) is 0.200. The van der Waals surface area contributed by atoms with E-state index in [0.29, 0.717) is 12.8 Å². The molecule has 1 aliphatic heterocycles. The summed E-state index contributed by atoms with van der Waals surface area (Å²) in [6.45, 7) is 2.95. The predicted octanol–water partition coefficient (Wildman–Crippen LogP) is 3.56. The molecular weight excluding hydrogens is 284 g/mol. The van der Waals surface area contributed by atoms with Gasteiger partial charge in [-0.3, -0.25) is 0 Å². The van der Waals surface area contributed by atoms with Crippen LogP contribution >= 0.6 is 0 Å². The third-order valence-corrected chi connectivity index (χ3v) is 3.94. The Morgan fingerprint density at radius 3 is 2.13 bits per heavy atom. The van der Waals surface area contributed by atoms with Crippen LogP contribution in [0.15, 0.2) is 60.7 Å². The number of carbonyl (C=O) groups is 1. The fourth-order valence-electron chi connectivity index (χ4n) is 2.90. The van der Waals surface area contributed by atoms with Gasteiger partial charge in [-0.15, -0.1) is 0 Å². The number of amidine groups is 1. The van der Waals surface area contributed by atoms with Gasteiger partial charge >= 0.3 is 0 Å². The average Bonchev–Trinajstić information content (AvgIpc) is 3.00. The van der Waals surface area contributed by atoms with Crippen molar-refractivity contribution in [1.82, 2.24) is 9.89 Å². The Kier molecular flexibility index (Phi) is 4.67. The molecule has 1 aliphatic rings. The number of carbonyl (C=O) groups excluding carboxylic acids is 1. The SMILES string of the molecule is CCN1C(CCC=O)=[N+]C(c2ccccc2)=C1c1ccccc1. The van der Waals surface area contributed by atoms with Gasteiger partial charge in [0.1, 0.15) is 6.29 Å². The number of aliphatic imine (C=N–C) groups is 1. The minimum atomic E-state index is 0.499. The van der Waals surface area contributed by atoms with Crippen LogP contribution < -0.4 is 4.99 Å². The average molecular weight is 304 g/mol. The van der Waals surface area contributed by atoms with Crippen LogP contribution in [0.2, 0.25) is 0 Å². The molecule has 0 aromatic heterocycles. The summed E-state index contributed by atoms with van der Waals surface area (Å²) in [7, 11) is 0. The second-order valence-corrected chi connectivity index (χ2v) is 5.41. The number of aldehydes is 1. The Hall–Kier alpha value is -2.68. The van der Waals surface area contributed by atoms with E-state index in [2.05, 4.69) is 36.1 Å². The highest BCUT2D eigenvalue weighted by atomic mass is 16.1. The molecule has 3 heteroatoms. The van der Waals surface area contributed by atoms with E-state index in [-0.39, 0.29) is 0 Å². The molecule has 0 unspecified atom stereocenters. The van der Waals surface area contributed by atoms with Crippen LogP contribution in [0.25, 0.3) is 11.4 Å². The molecule has 1 heterocycles. The maximum absolute atomic E-state index is 10.8. The molecule has 0 aliphatic carbocycles. The molecule has 0 saturated carbocycles. The summed E-state index contributed by atoms with van der Waals surface area (Å²) >= 11 is 0. The monoisotopic (exact) mass is 304 g/mol. The van der Waals surface area contributed by atoms with Crippen molar-refractivity contribution in [2.24, 2.45) is 0 Å². The quantitative estimate of drug-likeness (QED) is 0.765. The van der Waals surface area contributed by atoms with Gasteiger partial charge in [-0.1, -0.05) is 60.7 Å². The Morgan fingerprint density at radius 2 is 1.57 bits per heavy atom. The van der Waals surface area contributed by atoms with Crippen LogP contribution in [-0.4, -0.2) is 23.6 Å². The predicted molar refractivity (Wildman–Crippen MR) is 94.5 cm³/mol. The maximum Gasteiger partial charge on any atom is 0.300 e. The second-order valence-electron chi connectivity index (χ2n) is 5.41. The summed E-state index contributed by atoms with van der Waals surface area (Å²) in [6.07, 6.45) is 2.13. The first kappa shape index (κ1) is 15.2. The van der Waals surface area contributed by atoms with E-state index >= 15 is 0 Å². The summed E-state index contributed by atoms with van der Waals surface area (Å²) in [5.74, 6) is 0.970. The minimum Gasteiger partial charge on any atom is -0.303 e. The Bertz CT molecular complexity index is 733. The van der Waals surface area contributed by atoms with Gasteiger partial charge in [-0.25, -0.2) is 4.90 Å². The molecule has 0 spiro atoms. The van der Waals surface area contributed by atoms with Gasteiger partial charge in [0.15, 0.2) is 5.70 Å². The first-order valence-corrected chi connectivity index (χ1v) is 7.99. The van der Waals surface area contributed by atoms with Crippen LogP contribution in [0, 0.1) is 0 Å². The lowest BCUT2D eigenvalue weighted by molar-refractivity contribution is -0.107. The van der Waals surface area contributed by atoms with Gasteiger partial charge in [-0.05, 0) is 11.9 Å². The van der Waals surface area contributed by atoms with Crippen LogP contribution in [0.1, 0.15) is 30.9 Å². The first-order chi connectivity index (χ1) is 11.3. The highest BCUT2D eigenvalue weighted by Gasteiger charge is 2.37. The molecule has 3 nitrogen and oxygen atoms in total. The van der Waals surface area contributed by atoms with Crippen molar-refractivity contribution in [3.8, 4) is 0 Å². The highest BCUT2D eigenvalue weighted by Crippen LogP contribution is 2.32. The molecule has 0 fully saturated rings. The van der Waals surface area contributed by atoms with E-state index < -0.39 is 0 Å². The molecule has 0 amide bonds. The Balaban J connectivity index is 2.11. The number of hydrogen-bond acceptors (Lipinski definition) is 3. The Morgan fingerprint density at radius 1 is 0.957 bits per heavy atom. The third-order valence-electron chi connectivity index (χ3n) is 3.94. The molecule has 0 N–H and O–H groups in total. The van der Waals surface area contributed by atoms with Gasteiger partial charge in [-0.2, -0.15) is 0 Å². The summed E-state index contributed by atoms with van der Waals surface area (Å²) in [6, 6.07) is 20.6. The van der Waals surface area contributed by atoms with Gasteiger partial charge in [0.2, 0.25) is 5.70 Å². The lowest BCUT2D eigenvalue weighted by Crippen LogP contribution is -2.27. The summed E-state index contributed by atoms with van der Waals surface area (Å²) in [5, 5.41) is 0. The van der Waals surface area contributed by atoms with Gasteiger partial charge in [0.05, 0.1) is 13.0 Å². The highest BCUT2D eigenvalue weighted by molar-refractivity contribution is 6.06. The zero-order chi connectivity index (χ0) is 16.1. The molecule has 115 valence electrons. The van der Waals surface area contributed by atoms with Crippen molar-refractivity contribution in [3.05, 3.63) is 71.8 Å². The van der Waals surface area contributed by atoms with Crippen molar-refractivity contribution in [2.45, 2.75) is 19.8 Å². The normalized spacial score (nSPS) is 14.1. The molecule has 23 heavy (non-hydrogen) atoms. The largest absolute Gasteiger partial charge is 0.303 e. The van der Waals surface area contributed by atoms with Gasteiger partial charge < -0.3 is 4.79 Å². The summed E-state index contributed by atoms with van der Waals surface area (Å²) < 4.78 is 0. The zero-order valence-electron chi connectivity index (χ0n) is 13.3. The molecule has 0 atom stereocenters. The zero-order valence-corrected chi connectivity index (χ0v) is 13.3. The molecular formula is C20H20N2O+. The minimum absolute atomic E-state index is 0.499. The smallest absolute Gasteiger partial charge is 0.300 e. The van der Waals surface area contributed by atoms with Crippen molar-refractivity contribution in [1.29, 1.82) is 0 Å². The topological polar surface area (TPSA) is 34.4 Å². The first-order valence-electron chi connectivity index (χ1n) is 7.99. The maximum atomic E-state index is 10.8. The number of hydrogen-bond donors (Lipinski definition) is 0. The molecule has 0 saturated heterocycles. The van der Waals surface area contributed by atoms with Crippen molar-refractivity contribution >= 4 is 23.5 Å². The van der Waals surface area contributed by atoms with E-state index in [1.54, 1.807) is 0 Å². The van der Waals surface area contributed by atoms with Crippen LogP contribution in [0.4, 0.5) is 0 Å². The van der Waals surface area contributed by atoms with Crippen LogP contribution in [0.5, 0.6) is 0 Å². The van der Waals surface area contributed by atoms with Crippen molar-refractivity contribution in [2.75, 3.05) is 6.54 Å². The lowest BCUT2D eigenvalue weighted by Gasteiger charge is -2.14. The second kappa shape index (κ2) is 7.05. The van der Waals surface area contributed by atoms with Gasteiger partial charge in [0, 0.05) is 17.5 Å². The van der Waals surface area contributed by atoms with Crippen molar-refractivity contribution in [3.63, 3.8) is 0 Å². The van der Waals surface area contributed by atoms with Crippen LogP contribution in [0.3, 0.4) is 0 Å². The van der Waals surface area contributed by atoms with E-state index in [1.165, 1.54) is 0 Å². The summed E-state index contributed by atoms with van der Waals surface area (Å²) in [5.41, 5.74) is 4.36. The van der Waals surface area contributed by atoms with Crippen LogP contribution in [-0.2, 0) is 4.79 Å². The number of rotatable bonds is 6. The molecule has 1 radical (unpaired) electrons. The van der Waals surface area contributed by atoms with Gasteiger partial charge in [0.25, 0.3) is 5.84 Å². The van der Waals surface area contributed by atoms with E-state index in [1.807, 2.05) is 36.4 Å². The molecule has 0 bridgehead atoms.